The quantitative estimate of drug-likeness (QED) is 0.395. The first kappa shape index (κ1) is 19.5. The molecule has 1 unspecified atom stereocenters. The summed E-state index contributed by atoms with van der Waals surface area (Å²) in [4.78, 5) is 0. The molecule has 1 atom stereocenters. The average Bonchev–Trinajstić information content (AvgIpc) is 3.02. The molecule has 130 valence electrons. The van der Waals surface area contributed by atoms with Crippen molar-refractivity contribution in [2.45, 2.75) is 12.8 Å². The van der Waals surface area contributed by atoms with Gasteiger partial charge in [0.05, 0.1) is 0 Å². The van der Waals surface area contributed by atoms with Gasteiger partial charge in [0.1, 0.15) is 0 Å². The second kappa shape index (κ2) is 9.11. The van der Waals surface area contributed by atoms with E-state index in [1.165, 1.54) is 33.4 Å². The van der Waals surface area contributed by atoms with E-state index < -0.39 is 0 Å². The molecular formula is C26H22Zr. The van der Waals surface area contributed by atoms with Crippen molar-refractivity contribution in [1.29, 1.82) is 0 Å². The van der Waals surface area contributed by atoms with Crippen LogP contribution in [0.3, 0.4) is 0 Å². The van der Waals surface area contributed by atoms with Crippen molar-refractivity contribution in [3.63, 3.8) is 0 Å². The predicted molar refractivity (Wildman–Crippen MR) is 113 cm³/mol. The van der Waals surface area contributed by atoms with Crippen LogP contribution in [0.5, 0.6) is 0 Å². The average molecular weight is 426 g/mol. The second-order valence-corrected chi connectivity index (χ2v) is 6.71. The maximum absolute atomic E-state index is 2.32. The fourth-order valence-electron chi connectivity index (χ4n) is 3.71. The molecule has 27 heavy (non-hydrogen) atoms. The second-order valence-electron chi connectivity index (χ2n) is 6.71. The van der Waals surface area contributed by atoms with Crippen molar-refractivity contribution in [3.05, 3.63) is 125 Å². The van der Waals surface area contributed by atoms with Gasteiger partial charge in [-0.3, -0.25) is 0 Å². The Kier molecular flexibility index (Phi) is 6.59. The van der Waals surface area contributed by atoms with Crippen LogP contribution in [0.15, 0.2) is 103 Å². The van der Waals surface area contributed by atoms with E-state index in [1.54, 1.807) is 0 Å². The molecule has 0 heterocycles. The predicted octanol–water partition coefficient (Wildman–Crippen LogP) is 6.98. The third-order valence-electron chi connectivity index (χ3n) is 4.93. The topological polar surface area (TPSA) is 0 Å². The number of hydrogen-bond acceptors (Lipinski definition) is 0. The molecule has 0 saturated heterocycles. The summed E-state index contributed by atoms with van der Waals surface area (Å²) in [5, 5.41) is 0. The van der Waals surface area contributed by atoms with E-state index in [4.69, 9.17) is 0 Å². The van der Waals surface area contributed by atoms with E-state index in [9.17, 15) is 0 Å². The van der Waals surface area contributed by atoms with Crippen molar-refractivity contribution in [1.82, 2.24) is 0 Å². The van der Waals surface area contributed by atoms with Gasteiger partial charge < -0.3 is 0 Å². The minimum Gasteiger partial charge on any atom is -0.0622 e. The Balaban J connectivity index is 0.00000210. The molecule has 1 aliphatic carbocycles. The Morgan fingerprint density at radius 3 is 2.15 bits per heavy atom. The molecule has 0 bridgehead atoms. The van der Waals surface area contributed by atoms with Crippen LogP contribution in [-0.2, 0) is 26.2 Å². The normalized spacial score (nSPS) is 16.0. The number of allylic oxidation sites excluding steroid dienone is 4. The molecule has 3 aromatic rings. The largest absolute Gasteiger partial charge is 0.0622 e. The summed E-state index contributed by atoms with van der Waals surface area (Å²) < 4.78 is 0. The van der Waals surface area contributed by atoms with E-state index in [0.29, 0.717) is 5.92 Å². The van der Waals surface area contributed by atoms with Gasteiger partial charge in [-0.05, 0) is 34.8 Å². The Hall–Kier alpha value is -2.24. The van der Waals surface area contributed by atoms with Gasteiger partial charge in [-0.2, -0.15) is 0 Å². The minimum atomic E-state index is 0. The van der Waals surface area contributed by atoms with Crippen molar-refractivity contribution >= 4 is 17.7 Å². The van der Waals surface area contributed by atoms with E-state index in [2.05, 4.69) is 110 Å². The first-order valence-electron chi connectivity index (χ1n) is 9.09. The number of benzene rings is 3. The van der Waals surface area contributed by atoms with E-state index in [1.807, 2.05) is 6.07 Å². The Labute approximate surface area is 181 Å². The Morgan fingerprint density at radius 2 is 1.41 bits per heavy atom. The van der Waals surface area contributed by atoms with Crippen molar-refractivity contribution in [2.24, 2.45) is 0 Å². The van der Waals surface area contributed by atoms with Crippen LogP contribution in [-0.4, -0.2) is 0 Å². The molecule has 0 aliphatic heterocycles. The van der Waals surface area contributed by atoms with Gasteiger partial charge in [-0.15, -0.1) is 0 Å². The molecule has 1 heteroatoms. The zero-order valence-electron chi connectivity index (χ0n) is 15.5. The van der Waals surface area contributed by atoms with Crippen LogP contribution in [0.25, 0.3) is 17.7 Å². The number of rotatable bonds is 4. The van der Waals surface area contributed by atoms with Crippen LogP contribution < -0.4 is 0 Å². The molecule has 0 saturated carbocycles. The number of hydrogen-bond donors (Lipinski definition) is 0. The van der Waals surface area contributed by atoms with Gasteiger partial charge >= 0.3 is 0 Å². The molecule has 0 fully saturated rings. The Morgan fingerprint density at radius 1 is 0.778 bits per heavy atom. The molecule has 1 aliphatic rings. The zero-order chi connectivity index (χ0) is 17.8. The first-order valence-corrected chi connectivity index (χ1v) is 9.09. The van der Waals surface area contributed by atoms with Gasteiger partial charge in [0.25, 0.3) is 0 Å². The van der Waals surface area contributed by atoms with Crippen LogP contribution >= 0.6 is 0 Å². The van der Waals surface area contributed by atoms with Gasteiger partial charge in [-0.25, -0.2) is 0 Å². The third-order valence-corrected chi connectivity index (χ3v) is 4.93. The van der Waals surface area contributed by atoms with Crippen LogP contribution in [0.4, 0.5) is 0 Å². The van der Waals surface area contributed by atoms with Gasteiger partial charge in [0, 0.05) is 32.1 Å². The minimum absolute atomic E-state index is 0. The fourth-order valence-corrected chi connectivity index (χ4v) is 3.71. The molecule has 0 spiro atoms. The van der Waals surface area contributed by atoms with E-state index >= 15 is 0 Å². The van der Waals surface area contributed by atoms with Crippen molar-refractivity contribution < 1.29 is 26.2 Å². The molecule has 0 radical (unpaired) electrons. The molecule has 4 rings (SSSR count). The third kappa shape index (κ3) is 4.37. The molecule has 3 aromatic carbocycles. The van der Waals surface area contributed by atoms with Crippen LogP contribution in [0.2, 0.25) is 0 Å². The molecular weight excluding hydrogens is 404 g/mol. The maximum atomic E-state index is 2.32. The standard InChI is InChI=1S/C26H22.Zr/c1-20-19-23-16-8-9-17-25(23)26(20)24(22-14-6-3-7-15-22)18-10-13-21-11-4-2-5-12-21;/h2-19,26H,1H3;. The summed E-state index contributed by atoms with van der Waals surface area (Å²) in [6, 6.07) is 29.9. The summed E-state index contributed by atoms with van der Waals surface area (Å²) in [6.07, 6.45) is 8.93. The van der Waals surface area contributed by atoms with E-state index in [0.717, 1.165) is 0 Å². The van der Waals surface area contributed by atoms with Crippen molar-refractivity contribution in [3.8, 4) is 0 Å². The van der Waals surface area contributed by atoms with Crippen LogP contribution in [0.1, 0.15) is 35.1 Å². The molecule has 0 nitrogen and oxygen atoms in total. The summed E-state index contributed by atoms with van der Waals surface area (Å²) in [6.45, 7) is 2.24. The van der Waals surface area contributed by atoms with Gasteiger partial charge in [0.15, 0.2) is 0 Å². The maximum Gasteiger partial charge on any atom is 0.0311 e. The van der Waals surface area contributed by atoms with Crippen molar-refractivity contribution in [2.75, 3.05) is 0 Å². The molecule has 0 amide bonds. The number of fused-ring (bicyclic) bond motifs is 1. The monoisotopic (exact) mass is 424 g/mol. The smallest absolute Gasteiger partial charge is 0.0311 e. The van der Waals surface area contributed by atoms with Gasteiger partial charge in [0.2, 0.25) is 0 Å². The summed E-state index contributed by atoms with van der Waals surface area (Å²) in [7, 11) is 0. The zero-order valence-corrected chi connectivity index (χ0v) is 17.9. The summed E-state index contributed by atoms with van der Waals surface area (Å²) in [5.74, 6) is 0.314. The van der Waals surface area contributed by atoms with Crippen LogP contribution in [0, 0.1) is 0 Å². The fraction of sp³-hybridized carbons (Fsp3) is 0.0769. The molecule has 0 N–H and O–H groups in total. The summed E-state index contributed by atoms with van der Waals surface area (Å²) in [5.41, 5.74) is 7.97. The molecule has 0 aromatic heterocycles. The van der Waals surface area contributed by atoms with Gasteiger partial charge in [-0.1, -0.05) is 115 Å². The summed E-state index contributed by atoms with van der Waals surface area (Å²) >= 11 is 0. The van der Waals surface area contributed by atoms with E-state index in [-0.39, 0.29) is 26.2 Å². The SMILES string of the molecule is CC1=Cc2ccccc2C1C(=CC=Cc1ccccc1)c1ccccc1.[Zr]. The Bertz CT molecular complexity index is 979. The first-order chi connectivity index (χ1) is 12.8.